The molecule has 0 radical (unpaired) electrons. The summed E-state index contributed by atoms with van der Waals surface area (Å²) in [4.78, 5) is 17.7. The highest BCUT2D eigenvalue weighted by molar-refractivity contribution is 7.99. The zero-order chi connectivity index (χ0) is 15.2. The van der Waals surface area contributed by atoms with Crippen LogP contribution in [0.4, 0.5) is 0 Å². The van der Waals surface area contributed by atoms with Crippen molar-refractivity contribution in [1.29, 1.82) is 0 Å². The average molecular weight is 328 g/mol. The normalized spacial score (nSPS) is 10.7. The second kappa shape index (κ2) is 7.42. The molecule has 0 saturated heterocycles. The standard InChI is InChI=1S/C17H16N2OS2/c20-16(18-10-9-14-5-3-11-21-14)12-22-17-8-7-13-4-1-2-6-15(13)19-17/h1-8,11H,9-10,12H2,(H,18,20). The smallest absolute Gasteiger partial charge is 0.230 e. The third-order valence-electron chi connectivity index (χ3n) is 3.20. The predicted molar refractivity (Wildman–Crippen MR) is 93.5 cm³/mol. The van der Waals surface area contributed by atoms with Gasteiger partial charge in [0.1, 0.15) is 0 Å². The van der Waals surface area contributed by atoms with Crippen molar-refractivity contribution in [2.24, 2.45) is 0 Å². The summed E-state index contributed by atoms with van der Waals surface area (Å²) in [7, 11) is 0. The fraction of sp³-hybridized carbons (Fsp3) is 0.176. The Labute approximate surface area is 137 Å². The first-order chi connectivity index (χ1) is 10.8. The number of thiophene rings is 1. The summed E-state index contributed by atoms with van der Waals surface area (Å²) in [5.74, 6) is 0.451. The third kappa shape index (κ3) is 4.08. The van der Waals surface area contributed by atoms with E-state index in [4.69, 9.17) is 0 Å². The molecule has 0 saturated carbocycles. The highest BCUT2D eigenvalue weighted by Crippen LogP contribution is 2.19. The first-order valence-electron chi connectivity index (χ1n) is 7.09. The molecule has 3 aromatic rings. The molecule has 5 heteroatoms. The van der Waals surface area contributed by atoms with Crippen molar-refractivity contribution >= 4 is 39.9 Å². The number of hydrogen-bond donors (Lipinski definition) is 1. The lowest BCUT2D eigenvalue weighted by molar-refractivity contribution is -0.118. The van der Waals surface area contributed by atoms with Gasteiger partial charge in [-0.15, -0.1) is 11.3 Å². The van der Waals surface area contributed by atoms with E-state index in [1.165, 1.54) is 16.6 Å². The molecule has 2 heterocycles. The number of fused-ring (bicyclic) bond motifs is 1. The molecule has 1 aromatic carbocycles. The van der Waals surface area contributed by atoms with Crippen LogP contribution >= 0.6 is 23.1 Å². The van der Waals surface area contributed by atoms with Gasteiger partial charge < -0.3 is 5.32 Å². The molecule has 1 N–H and O–H groups in total. The maximum atomic E-state index is 11.9. The molecule has 0 atom stereocenters. The molecule has 0 aliphatic rings. The van der Waals surface area contributed by atoms with Crippen LogP contribution in [-0.2, 0) is 11.2 Å². The van der Waals surface area contributed by atoms with Gasteiger partial charge in [0.15, 0.2) is 0 Å². The molecule has 0 unspecified atom stereocenters. The van der Waals surface area contributed by atoms with Gasteiger partial charge in [-0.1, -0.05) is 42.1 Å². The van der Waals surface area contributed by atoms with Gasteiger partial charge in [-0.05, 0) is 30.0 Å². The first-order valence-corrected chi connectivity index (χ1v) is 8.95. The molecule has 0 bridgehead atoms. The fourth-order valence-corrected chi connectivity index (χ4v) is 3.52. The van der Waals surface area contributed by atoms with E-state index >= 15 is 0 Å². The van der Waals surface area contributed by atoms with E-state index in [1.807, 2.05) is 42.5 Å². The van der Waals surface area contributed by atoms with Gasteiger partial charge in [0.05, 0.1) is 16.3 Å². The van der Waals surface area contributed by atoms with Gasteiger partial charge in [0, 0.05) is 16.8 Å². The van der Waals surface area contributed by atoms with Crippen LogP contribution in [0.2, 0.25) is 0 Å². The van der Waals surface area contributed by atoms with E-state index < -0.39 is 0 Å². The molecule has 1 amide bonds. The Bertz CT molecular complexity index is 756. The zero-order valence-electron chi connectivity index (χ0n) is 12.0. The summed E-state index contributed by atoms with van der Waals surface area (Å²) in [6.45, 7) is 0.686. The number of amides is 1. The van der Waals surface area contributed by atoms with E-state index in [2.05, 4.69) is 21.7 Å². The number of pyridine rings is 1. The molecule has 3 rings (SSSR count). The van der Waals surface area contributed by atoms with Gasteiger partial charge >= 0.3 is 0 Å². The number of benzene rings is 1. The largest absolute Gasteiger partial charge is 0.355 e. The van der Waals surface area contributed by atoms with E-state index in [0.717, 1.165) is 22.3 Å². The van der Waals surface area contributed by atoms with Gasteiger partial charge in [0.25, 0.3) is 0 Å². The van der Waals surface area contributed by atoms with Crippen molar-refractivity contribution in [3.8, 4) is 0 Å². The van der Waals surface area contributed by atoms with Crippen LogP contribution in [-0.4, -0.2) is 23.2 Å². The lowest BCUT2D eigenvalue weighted by Crippen LogP contribution is -2.27. The Morgan fingerprint density at radius 3 is 2.91 bits per heavy atom. The topological polar surface area (TPSA) is 42.0 Å². The van der Waals surface area contributed by atoms with Crippen molar-refractivity contribution in [1.82, 2.24) is 10.3 Å². The van der Waals surface area contributed by atoms with Crippen LogP contribution in [0.5, 0.6) is 0 Å². The molecular weight excluding hydrogens is 312 g/mol. The van der Waals surface area contributed by atoms with Crippen molar-refractivity contribution in [2.45, 2.75) is 11.4 Å². The zero-order valence-corrected chi connectivity index (χ0v) is 13.6. The lowest BCUT2D eigenvalue weighted by Gasteiger charge is -2.05. The fourth-order valence-electron chi connectivity index (χ4n) is 2.10. The molecular formula is C17H16N2OS2. The monoisotopic (exact) mass is 328 g/mol. The summed E-state index contributed by atoms with van der Waals surface area (Å²) in [6.07, 6.45) is 0.891. The number of aromatic nitrogens is 1. The van der Waals surface area contributed by atoms with Crippen molar-refractivity contribution < 1.29 is 4.79 Å². The Balaban J connectivity index is 1.47. The number of para-hydroxylation sites is 1. The molecule has 0 aliphatic carbocycles. The van der Waals surface area contributed by atoms with Crippen LogP contribution < -0.4 is 5.32 Å². The van der Waals surface area contributed by atoms with Gasteiger partial charge in [-0.25, -0.2) is 4.98 Å². The maximum absolute atomic E-state index is 11.9. The van der Waals surface area contributed by atoms with E-state index in [0.29, 0.717) is 12.3 Å². The van der Waals surface area contributed by atoms with Crippen LogP contribution in [0.25, 0.3) is 10.9 Å². The van der Waals surface area contributed by atoms with Crippen molar-refractivity contribution in [3.05, 3.63) is 58.8 Å². The van der Waals surface area contributed by atoms with E-state index in [1.54, 1.807) is 11.3 Å². The Hall–Kier alpha value is -1.85. The van der Waals surface area contributed by atoms with Gasteiger partial charge in [-0.2, -0.15) is 0 Å². The Kier molecular flexibility index (Phi) is 5.08. The number of nitrogens with zero attached hydrogens (tertiary/aromatic N) is 1. The van der Waals surface area contributed by atoms with Crippen molar-refractivity contribution in [2.75, 3.05) is 12.3 Å². The van der Waals surface area contributed by atoms with Crippen LogP contribution in [0.15, 0.2) is 58.9 Å². The third-order valence-corrected chi connectivity index (χ3v) is 5.06. The Morgan fingerprint density at radius 2 is 2.05 bits per heavy atom. The minimum atomic E-state index is 0.0523. The highest BCUT2D eigenvalue weighted by atomic mass is 32.2. The minimum absolute atomic E-state index is 0.0523. The number of hydrogen-bond acceptors (Lipinski definition) is 4. The minimum Gasteiger partial charge on any atom is -0.355 e. The highest BCUT2D eigenvalue weighted by Gasteiger charge is 2.04. The molecule has 3 nitrogen and oxygen atoms in total. The second-order valence-electron chi connectivity index (χ2n) is 4.81. The maximum Gasteiger partial charge on any atom is 0.230 e. The van der Waals surface area contributed by atoms with Crippen LogP contribution in [0.1, 0.15) is 4.88 Å². The summed E-state index contributed by atoms with van der Waals surface area (Å²) < 4.78 is 0. The quantitative estimate of drug-likeness (QED) is 0.701. The summed E-state index contributed by atoms with van der Waals surface area (Å²) in [5.41, 5.74) is 0.964. The summed E-state index contributed by atoms with van der Waals surface area (Å²) in [6, 6.07) is 16.1. The van der Waals surface area contributed by atoms with E-state index in [-0.39, 0.29) is 5.91 Å². The number of carbonyl (C=O) groups excluding carboxylic acids is 1. The van der Waals surface area contributed by atoms with Gasteiger partial charge in [0.2, 0.25) is 5.91 Å². The number of thioether (sulfide) groups is 1. The number of nitrogens with one attached hydrogen (secondary N) is 1. The SMILES string of the molecule is O=C(CSc1ccc2ccccc2n1)NCCc1cccs1. The first kappa shape index (κ1) is 15.1. The number of carbonyl (C=O) groups is 1. The van der Waals surface area contributed by atoms with Gasteiger partial charge in [-0.3, -0.25) is 4.79 Å². The lowest BCUT2D eigenvalue weighted by atomic mass is 10.2. The number of rotatable bonds is 6. The summed E-state index contributed by atoms with van der Waals surface area (Å²) >= 11 is 3.19. The van der Waals surface area contributed by atoms with Crippen molar-refractivity contribution in [3.63, 3.8) is 0 Å². The van der Waals surface area contributed by atoms with Crippen LogP contribution in [0.3, 0.4) is 0 Å². The molecule has 2 aromatic heterocycles. The average Bonchev–Trinajstić information content (AvgIpc) is 3.06. The summed E-state index contributed by atoms with van der Waals surface area (Å²) in [5, 5.41) is 7.00. The van der Waals surface area contributed by atoms with E-state index in [9.17, 15) is 4.79 Å². The molecule has 0 fully saturated rings. The molecule has 112 valence electrons. The van der Waals surface area contributed by atoms with Crippen LogP contribution in [0, 0.1) is 0 Å². The molecule has 0 spiro atoms. The second-order valence-corrected chi connectivity index (χ2v) is 6.84. The predicted octanol–water partition coefficient (Wildman–Crippen LogP) is 3.75. The Morgan fingerprint density at radius 1 is 1.14 bits per heavy atom. The molecule has 22 heavy (non-hydrogen) atoms. The molecule has 0 aliphatic heterocycles.